The van der Waals surface area contributed by atoms with Crippen LogP contribution >= 0.6 is 0 Å². The van der Waals surface area contributed by atoms with E-state index in [9.17, 15) is 13.2 Å². The molecule has 1 aromatic carbocycles. The Morgan fingerprint density at radius 1 is 1.16 bits per heavy atom. The lowest BCUT2D eigenvalue weighted by Gasteiger charge is -2.14. The van der Waals surface area contributed by atoms with Crippen molar-refractivity contribution in [2.24, 2.45) is 0 Å². The molecule has 1 unspecified atom stereocenters. The van der Waals surface area contributed by atoms with E-state index >= 15 is 0 Å². The van der Waals surface area contributed by atoms with Crippen LogP contribution in [0.4, 0.5) is 13.2 Å². The second-order valence-electron chi connectivity index (χ2n) is 4.13. The molecule has 2 aromatic rings. The first kappa shape index (κ1) is 13.5. The minimum Gasteiger partial charge on any atom is -0.480 e. The van der Waals surface area contributed by atoms with Gasteiger partial charge in [0.25, 0.3) is 0 Å². The van der Waals surface area contributed by atoms with Crippen molar-refractivity contribution >= 4 is 0 Å². The lowest BCUT2D eigenvalue weighted by Crippen LogP contribution is -2.09. The highest BCUT2D eigenvalue weighted by atomic mass is 19.4. The molecule has 102 valence electrons. The van der Waals surface area contributed by atoms with Crippen LogP contribution in [0.5, 0.6) is 5.88 Å². The van der Waals surface area contributed by atoms with E-state index in [4.69, 9.17) is 4.74 Å². The summed E-state index contributed by atoms with van der Waals surface area (Å²) < 4.78 is 44.0. The molecule has 0 amide bonds. The van der Waals surface area contributed by atoms with Crippen molar-refractivity contribution in [2.75, 3.05) is 7.11 Å². The molecular weight excluding hydrogens is 257 g/mol. The number of hydrogen-bond acceptors (Lipinski definition) is 2. The molecule has 0 aliphatic heterocycles. The first-order valence-electron chi connectivity index (χ1n) is 5.68. The maximum Gasteiger partial charge on any atom is 0.416 e. The average Bonchev–Trinajstić information content (AvgIpc) is 2.86. The van der Waals surface area contributed by atoms with Crippen molar-refractivity contribution in [1.29, 1.82) is 0 Å². The van der Waals surface area contributed by atoms with Crippen LogP contribution in [0, 0.1) is 0 Å². The molecule has 0 radical (unpaired) electrons. The molecule has 19 heavy (non-hydrogen) atoms. The van der Waals surface area contributed by atoms with Crippen LogP contribution in [0.3, 0.4) is 0 Å². The number of aromatic nitrogens is 2. The van der Waals surface area contributed by atoms with Gasteiger partial charge in [-0.1, -0.05) is 12.1 Å². The van der Waals surface area contributed by atoms with Gasteiger partial charge < -0.3 is 4.74 Å². The number of rotatable bonds is 3. The number of methoxy groups -OCH3 is 1. The first-order chi connectivity index (χ1) is 8.91. The Hall–Kier alpha value is -1.98. The van der Waals surface area contributed by atoms with Gasteiger partial charge >= 0.3 is 6.18 Å². The minimum atomic E-state index is -4.31. The fraction of sp³-hybridized carbons (Fsp3) is 0.308. The Bertz CT molecular complexity index is 546. The predicted molar refractivity (Wildman–Crippen MR) is 64.0 cm³/mol. The zero-order valence-electron chi connectivity index (χ0n) is 10.5. The number of nitrogens with zero attached hydrogens (tertiary/aromatic N) is 2. The van der Waals surface area contributed by atoms with E-state index in [1.165, 1.54) is 19.2 Å². The average molecular weight is 270 g/mol. The largest absolute Gasteiger partial charge is 0.480 e. The zero-order valence-corrected chi connectivity index (χ0v) is 10.5. The van der Waals surface area contributed by atoms with Crippen molar-refractivity contribution in [1.82, 2.24) is 9.78 Å². The van der Waals surface area contributed by atoms with E-state index in [1.54, 1.807) is 16.9 Å². The van der Waals surface area contributed by atoms with Gasteiger partial charge in [0.1, 0.15) is 0 Å². The molecule has 0 aliphatic carbocycles. The molecule has 1 atom stereocenters. The van der Waals surface area contributed by atoms with E-state index < -0.39 is 11.7 Å². The normalized spacial score (nSPS) is 13.3. The third-order valence-electron chi connectivity index (χ3n) is 2.91. The van der Waals surface area contributed by atoms with Crippen molar-refractivity contribution in [3.63, 3.8) is 0 Å². The van der Waals surface area contributed by atoms with E-state index in [2.05, 4.69) is 5.10 Å². The third kappa shape index (κ3) is 2.89. The van der Waals surface area contributed by atoms with Gasteiger partial charge in [0.15, 0.2) is 0 Å². The molecule has 0 fully saturated rings. The second kappa shape index (κ2) is 4.95. The topological polar surface area (TPSA) is 27.1 Å². The number of hydrogen-bond donors (Lipinski definition) is 0. The summed E-state index contributed by atoms with van der Waals surface area (Å²) in [4.78, 5) is 0. The highest BCUT2D eigenvalue weighted by molar-refractivity contribution is 5.27. The highest BCUT2D eigenvalue weighted by Gasteiger charge is 2.30. The fourth-order valence-electron chi connectivity index (χ4n) is 1.75. The van der Waals surface area contributed by atoms with Crippen LogP contribution in [0.15, 0.2) is 36.5 Å². The van der Waals surface area contributed by atoms with Crippen molar-refractivity contribution < 1.29 is 17.9 Å². The maximum absolute atomic E-state index is 12.5. The van der Waals surface area contributed by atoms with Crippen LogP contribution in [0.25, 0.3) is 0 Å². The van der Waals surface area contributed by atoms with Gasteiger partial charge in [0.2, 0.25) is 5.88 Å². The Morgan fingerprint density at radius 2 is 1.79 bits per heavy atom. The molecule has 0 saturated heterocycles. The van der Waals surface area contributed by atoms with Gasteiger partial charge in [0, 0.05) is 12.3 Å². The molecule has 0 spiro atoms. The monoisotopic (exact) mass is 270 g/mol. The molecule has 0 N–H and O–H groups in total. The van der Waals surface area contributed by atoms with Crippen LogP contribution < -0.4 is 4.74 Å². The van der Waals surface area contributed by atoms with Crippen molar-refractivity contribution in [3.05, 3.63) is 47.7 Å². The summed E-state index contributed by atoms with van der Waals surface area (Å²) in [5.74, 6) is 0.471. The predicted octanol–water partition coefficient (Wildman–Crippen LogP) is 3.52. The molecule has 6 heteroatoms. The lowest BCUT2D eigenvalue weighted by molar-refractivity contribution is -0.137. The van der Waals surface area contributed by atoms with Gasteiger partial charge in [-0.3, -0.25) is 4.68 Å². The maximum atomic E-state index is 12.5. The second-order valence-corrected chi connectivity index (χ2v) is 4.13. The molecule has 1 heterocycles. The third-order valence-corrected chi connectivity index (χ3v) is 2.91. The van der Waals surface area contributed by atoms with E-state index in [0.717, 1.165) is 17.7 Å². The standard InChI is InChI=1S/C13H13F3N2O/c1-9(18-8-7-12(17-18)19-2)10-3-5-11(6-4-10)13(14,15)16/h3-9H,1-2H3. The Balaban J connectivity index is 2.22. The van der Waals surface area contributed by atoms with E-state index in [0.29, 0.717) is 5.88 Å². The van der Waals surface area contributed by atoms with Crippen LogP contribution in [0.2, 0.25) is 0 Å². The zero-order chi connectivity index (χ0) is 14.0. The molecule has 0 bridgehead atoms. The van der Waals surface area contributed by atoms with Crippen LogP contribution in [0.1, 0.15) is 24.1 Å². The molecular formula is C13H13F3N2O. The van der Waals surface area contributed by atoms with Gasteiger partial charge in [-0.15, -0.1) is 5.10 Å². The summed E-state index contributed by atoms with van der Waals surface area (Å²) in [7, 11) is 1.51. The molecule has 3 nitrogen and oxygen atoms in total. The highest BCUT2D eigenvalue weighted by Crippen LogP contribution is 2.30. The number of benzene rings is 1. The Kier molecular flexibility index (Phi) is 3.50. The van der Waals surface area contributed by atoms with E-state index in [-0.39, 0.29) is 6.04 Å². The summed E-state index contributed by atoms with van der Waals surface area (Å²) in [5, 5.41) is 4.15. The van der Waals surface area contributed by atoms with Gasteiger partial charge in [-0.2, -0.15) is 13.2 Å². The SMILES string of the molecule is COc1ccn(C(C)c2ccc(C(F)(F)F)cc2)n1. The molecule has 0 aliphatic rings. The van der Waals surface area contributed by atoms with E-state index in [1.807, 2.05) is 6.92 Å². The fourth-order valence-corrected chi connectivity index (χ4v) is 1.75. The number of ether oxygens (including phenoxy) is 1. The number of halogens is 3. The quantitative estimate of drug-likeness (QED) is 0.853. The van der Waals surface area contributed by atoms with Gasteiger partial charge in [-0.05, 0) is 24.6 Å². The summed E-state index contributed by atoms with van der Waals surface area (Å²) in [6, 6.07) is 6.61. The molecule has 2 rings (SSSR count). The first-order valence-corrected chi connectivity index (χ1v) is 5.68. The Morgan fingerprint density at radius 3 is 2.26 bits per heavy atom. The Labute approximate surface area is 108 Å². The smallest absolute Gasteiger partial charge is 0.416 e. The van der Waals surface area contributed by atoms with Gasteiger partial charge in [0.05, 0.1) is 18.7 Å². The summed E-state index contributed by atoms with van der Waals surface area (Å²) >= 11 is 0. The minimum absolute atomic E-state index is 0.161. The summed E-state index contributed by atoms with van der Waals surface area (Å²) in [5.41, 5.74) is 0.0975. The summed E-state index contributed by atoms with van der Waals surface area (Å²) in [6.07, 6.45) is -2.59. The number of alkyl halides is 3. The lowest BCUT2D eigenvalue weighted by atomic mass is 10.1. The van der Waals surface area contributed by atoms with Gasteiger partial charge in [-0.25, -0.2) is 0 Å². The molecule has 0 saturated carbocycles. The summed E-state index contributed by atoms with van der Waals surface area (Å²) in [6.45, 7) is 1.86. The van der Waals surface area contributed by atoms with Crippen molar-refractivity contribution in [2.45, 2.75) is 19.1 Å². The molecule has 1 aromatic heterocycles. The van der Waals surface area contributed by atoms with Crippen molar-refractivity contribution in [3.8, 4) is 5.88 Å². The van der Waals surface area contributed by atoms with Crippen LogP contribution in [-0.2, 0) is 6.18 Å². The van der Waals surface area contributed by atoms with Crippen LogP contribution in [-0.4, -0.2) is 16.9 Å².